The molecule has 1 N–H and O–H groups in total. The zero-order chi connectivity index (χ0) is 11.5. The minimum Gasteiger partial charge on any atom is -0.393 e. The van der Waals surface area contributed by atoms with Gasteiger partial charge in [0.1, 0.15) is 5.82 Å². The van der Waals surface area contributed by atoms with Crippen molar-refractivity contribution in [3.63, 3.8) is 0 Å². The Morgan fingerprint density at radius 2 is 2.19 bits per heavy atom. The first-order chi connectivity index (χ1) is 7.66. The summed E-state index contributed by atoms with van der Waals surface area (Å²) >= 11 is 0. The van der Waals surface area contributed by atoms with E-state index >= 15 is 0 Å². The van der Waals surface area contributed by atoms with Crippen LogP contribution in [0.4, 0.5) is 4.39 Å². The maximum atomic E-state index is 12.9. The second kappa shape index (κ2) is 4.96. The van der Waals surface area contributed by atoms with Crippen LogP contribution in [0, 0.1) is 18.7 Å². The molecule has 1 nitrogen and oxygen atoms in total. The summed E-state index contributed by atoms with van der Waals surface area (Å²) in [6.45, 7) is 1.94. The molecule has 1 aromatic rings. The van der Waals surface area contributed by atoms with Crippen LogP contribution in [0.3, 0.4) is 0 Å². The number of aliphatic hydroxyl groups excluding tert-OH is 1. The van der Waals surface area contributed by atoms with Crippen LogP contribution in [0.15, 0.2) is 18.2 Å². The van der Waals surface area contributed by atoms with E-state index < -0.39 is 0 Å². The van der Waals surface area contributed by atoms with Gasteiger partial charge < -0.3 is 5.11 Å². The predicted octanol–water partition coefficient (Wildman–Crippen LogP) is 3.23. The first-order valence-corrected chi connectivity index (χ1v) is 6.10. The molecule has 1 fully saturated rings. The second-order valence-corrected chi connectivity index (χ2v) is 4.87. The molecule has 1 saturated carbocycles. The maximum Gasteiger partial charge on any atom is 0.123 e. The van der Waals surface area contributed by atoms with Crippen LogP contribution in [0.5, 0.6) is 0 Å². The molecule has 1 unspecified atom stereocenters. The average molecular weight is 222 g/mol. The minimum atomic E-state index is -0.167. The first kappa shape index (κ1) is 11.6. The number of hydrogen-bond acceptors (Lipinski definition) is 1. The van der Waals surface area contributed by atoms with Crippen molar-refractivity contribution in [3.05, 3.63) is 35.1 Å². The summed E-state index contributed by atoms with van der Waals surface area (Å²) in [4.78, 5) is 0. The Labute approximate surface area is 96.3 Å². The Balaban J connectivity index is 1.80. The summed E-state index contributed by atoms with van der Waals surface area (Å²) in [7, 11) is 0. The van der Waals surface area contributed by atoms with Crippen LogP contribution < -0.4 is 0 Å². The molecule has 16 heavy (non-hydrogen) atoms. The van der Waals surface area contributed by atoms with Crippen molar-refractivity contribution in [2.45, 2.75) is 45.1 Å². The highest BCUT2D eigenvalue weighted by molar-refractivity contribution is 5.26. The van der Waals surface area contributed by atoms with E-state index in [1.165, 1.54) is 24.5 Å². The fourth-order valence-corrected chi connectivity index (χ4v) is 2.16. The predicted molar refractivity (Wildman–Crippen MR) is 62.8 cm³/mol. The van der Waals surface area contributed by atoms with Crippen molar-refractivity contribution >= 4 is 0 Å². The normalized spacial score (nSPS) is 17.4. The van der Waals surface area contributed by atoms with Gasteiger partial charge in [-0.15, -0.1) is 0 Å². The smallest absolute Gasteiger partial charge is 0.123 e. The molecule has 88 valence electrons. The van der Waals surface area contributed by atoms with Crippen molar-refractivity contribution in [2.24, 2.45) is 5.92 Å². The highest BCUT2D eigenvalue weighted by Crippen LogP contribution is 2.34. The van der Waals surface area contributed by atoms with E-state index in [2.05, 4.69) is 0 Å². The van der Waals surface area contributed by atoms with E-state index in [4.69, 9.17) is 0 Å². The lowest BCUT2D eigenvalue weighted by atomic mass is 10.0. The number of hydrogen-bond donors (Lipinski definition) is 1. The van der Waals surface area contributed by atoms with E-state index in [0.717, 1.165) is 24.8 Å². The molecule has 0 aliphatic heterocycles. The van der Waals surface area contributed by atoms with Crippen LogP contribution in [-0.2, 0) is 6.42 Å². The molecule has 1 aliphatic rings. The Bertz CT molecular complexity index is 358. The topological polar surface area (TPSA) is 20.2 Å². The molecule has 1 aromatic carbocycles. The lowest BCUT2D eigenvalue weighted by Gasteiger charge is -2.10. The lowest BCUT2D eigenvalue weighted by molar-refractivity contribution is 0.139. The standard InChI is InChI=1S/C14H19FO/c1-10-9-13(15)8-7-11(10)3-2-4-14(16)12-5-6-12/h7-9,12,14,16H,2-6H2,1H3. The highest BCUT2D eigenvalue weighted by Gasteiger charge is 2.28. The largest absolute Gasteiger partial charge is 0.393 e. The third kappa shape index (κ3) is 3.05. The van der Waals surface area contributed by atoms with Gasteiger partial charge in [0, 0.05) is 0 Å². The Morgan fingerprint density at radius 3 is 2.81 bits per heavy atom. The van der Waals surface area contributed by atoms with Crippen molar-refractivity contribution in [1.82, 2.24) is 0 Å². The summed E-state index contributed by atoms with van der Waals surface area (Å²) < 4.78 is 12.9. The molecule has 2 rings (SSSR count). The van der Waals surface area contributed by atoms with E-state index in [9.17, 15) is 9.50 Å². The fourth-order valence-electron chi connectivity index (χ4n) is 2.16. The highest BCUT2D eigenvalue weighted by atomic mass is 19.1. The van der Waals surface area contributed by atoms with Crippen LogP contribution in [0.1, 0.15) is 36.8 Å². The van der Waals surface area contributed by atoms with Crippen molar-refractivity contribution in [3.8, 4) is 0 Å². The molecule has 0 spiro atoms. The summed E-state index contributed by atoms with van der Waals surface area (Å²) in [6, 6.07) is 4.94. The number of aryl methyl sites for hydroxylation is 2. The van der Waals surface area contributed by atoms with Gasteiger partial charge in [-0.2, -0.15) is 0 Å². The van der Waals surface area contributed by atoms with E-state index in [0.29, 0.717) is 5.92 Å². The van der Waals surface area contributed by atoms with E-state index in [1.807, 2.05) is 13.0 Å². The van der Waals surface area contributed by atoms with Crippen molar-refractivity contribution in [2.75, 3.05) is 0 Å². The first-order valence-electron chi connectivity index (χ1n) is 6.10. The van der Waals surface area contributed by atoms with Gasteiger partial charge in [-0.1, -0.05) is 6.07 Å². The summed E-state index contributed by atoms with van der Waals surface area (Å²) in [6.07, 6.45) is 5.08. The molecule has 0 radical (unpaired) electrons. The van der Waals surface area contributed by atoms with Gasteiger partial charge in [0.2, 0.25) is 0 Å². The maximum absolute atomic E-state index is 12.9. The van der Waals surface area contributed by atoms with Gasteiger partial charge in [-0.25, -0.2) is 4.39 Å². The SMILES string of the molecule is Cc1cc(F)ccc1CCCC(O)C1CC1. The zero-order valence-electron chi connectivity index (χ0n) is 9.75. The molecule has 1 atom stereocenters. The van der Waals surface area contributed by atoms with Crippen LogP contribution >= 0.6 is 0 Å². The number of rotatable bonds is 5. The molecule has 0 aromatic heterocycles. The number of benzene rings is 1. The molecule has 0 bridgehead atoms. The molecular weight excluding hydrogens is 203 g/mol. The average Bonchev–Trinajstić information content (AvgIpc) is 3.04. The van der Waals surface area contributed by atoms with Crippen LogP contribution in [-0.4, -0.2) is 11.2 Å². The van der Waals surface area contributed by atoms with Crippen molar-refractivity contribution < 1.29 is 9.50 Å². The molecule has 0 heterocycles. The lowest BCUT2D eigenvalue weighted by Crippen LogP contribution is -2.09. The monoisotopic (exact) mass is 222 g/mol. The van der Waals surface area contributed by atoms with E-state index in [1.54, 1.807) is 6.07 Å². The van der Waals surface area contributed by atoms with Gasteiger partial charge in [0.15, 0.2) is 0 Å². The summed E-state index contributed by atoms with van der Waals surface area (Å²) in [5.74, 6) is 0.397. The van der Waals surface area contributed by atoms with Gasteiger partial charge in [0.25, 0.3) is 0 Å². The van der Waals surface area contributed by atoms with Gasteiger partial charge >= 0.3 is 0 Å². The molecule has 2 heteroatoms. The zero-order valence-corrected chi connectivity index (χ0v) is 9.75. The minimum absolute atomic E-state index is 0.110. The van der Waals surface area contributed by atoms with Crippen LogP contribution in [0.2, 0.25) is 0 Å². The molecule has 0 saturated heterocycles. The Kier molecular flexibility index (Phi) is 3.59. The van der Waals surface area contributed by atoms with Crippen LogP contribution in [0.25, 0.3) is 0 Å². The second-order valence-electron chi connectivity index (χ2n) is 4.87. The Morgan fingerprint density at radius 1 is 1.44 bits per heavy atom. The fraction of sp³-hybridized carbons (Fsp3) is 0.571. The third-order valence-electron chi connectivity index (χ3n) is 3.42. The van der Waals surface area contributed by atoms with Gasteiger partial charge in [-0.3, -0.25) is 0 Å². The summed E-state index contributed by atoms with van der Waals surface area (Å²) in [5.41, 5.74) is 2.21. The molecule has 0 amide bonds. The third-order valence-corrected chi connectivity index (χ3v) is 3.42. The quantitative estimate of drug-likeness (QED) is 0.811. The van der Waals surface area contributed by atoms with Crippen molar-refractivity contribution in [1.29, 1.82) is 0 Å². The Hall–Kier alpha value is -0.890. The number of halogens is 1. The molecule has 1 aliphatic carbocycles. The molecular formula is C14H19FO. The van der Waals surface area contributed by atoms with Gasteiger partial charge in [-0.05, 0) is 68.2 Å². The van der Waals surface area contributed by atoms with E-state index in [-0.39, 0.29) is 11.9 Å². The number of aliphatic hydroxyl groups is 1. The van der Waals surface area contributed by atoms with Gasteiger partial charge in [0.05, 0.1) is 6.10 Å². The summed E-state index contributed by atoms with van der Waals surface area (Å²) in [5, 5.41) is 9.72.